The van der Waals surface area contributed by atoms with Crippen molar-refractivity contribution >= 4 is 11.7 Å². The second-order valence-electron chi connectivity index (χ2n) is 6.88. The summed E-state index contributed by atoms with van der Waals surface area (Å²) in [5.41, 5.74) is 6.21. The Hall–Kier alpha value is -3.78. The lowest BCUT2D eigenvalue weighted by atomic mass is 10.1. The lowest BCUT2D eigenvalue weighted by Crippen LogP contribution is -2.31. The summed E-state index contributed by atoms with van der Waals surface area (Å²) in [6.07, 6.45) is -1.47. The van der Waals surface area contributed by atoms with Gasteiger partial charge in [0.25, 0.3) is 5.91 Å². The summed E-state index contributed by atoms with van der Waals surface area (Å²) < 4.78 is 40.5. The Bertz CT molecular complexity index is 1070. The molecular weight excluding hydrogens is 416 g/mol. The van der Waals surface area contributed by atoms with Crippen LogP contribution >= 0.6 is 0 Å². The molecule has 0 saturated heterocycles. The van der Waals surface area contributed by atoms with Gasteiger partial charge >= 0.3 is 0 Å². The second-order valence-corrected chi connectivity index (χ2v) is 6.88. The van der Waals surface area contributed by atoms with Gasteiger partial charge < -0.3 is 20.5 Å². The molecule has 1 unspecified atom stereocenters. The molecule has 6 nitrogen and oxygen atoms in total. The number of carbonyl (C=O) groups excluding carboxylic acids is 1. The van der Waals surface area contributed by atoms with Gasteiger partial charge in [-0.05, 0) is 24.6 Å². The molecule has 4 N–H and O–H groups in total. The Balaban J connectivity index is 1.76. The fraction of sp³-hybridized carbons (Fsp3) is 0.167. The zero-order valence-electron chi connectivity index (χ0n) is 17.4. The lowest BCUT2D eigenvalue weighted by Gasteiger charge is -2.19. The first-order chi connectivity index (χ1) is 15.4. The minimum absolute atomic E-state index is 0.0313. The Labute approximate surface area is 184 Å². The van der Waals surface area contributed by atoms with E-state index in [4.69, 9.17) is 20.6 Å². The van der Waals surface area contributed by atoms with Crippen molar-refractivity contribution in [2.75, 3.05) is 6.61 Å². The van der Waals surface area contributed by atoms with Crippen molar-refractivity contribution in [2.45, 2.75) is 19.6 Å². The van der Waals surface area contributed by atoms with Crippen LogP contribution in [0.1, 0.15) is 29.7 Å². The number of nitrogens with one attached hydrogen (secondary N) is 2. The van der Waals surface area contributed by atoms with Crippen LogP contribution < -0.4 is 15.8 Å². The standard InChI is InChI=1S/C24H23F2N3O3/c1-2-31-22(24(30)29-14-15-8-10-16(11-9-15)23(27)28)21-19(25)12-18(13-20(21)26)32-17-6-4-3-5-7-17/h3-13,22H,2,14H2,1H3,(H3,27,28)(H,29,30). The maximum atomic E-state index is 14.8. The zero-order chi connectivity index (χ0) is 23.1. The monoisotopic (exact) mass is 439 g/mol. The first-order valence-electron chi connectivity index (χ1n) is 9.93. The molecular formula is C24H23F2N3O3. The highest BCUT2D eigenvalue weighted by atomic mass is 19.1. The number of para-hydroxylation sites is 1. The van der Waals surface area contributed by atoms with Gasteiger partial charge in [-0.3, -0.25) is 10.2 Å². The molecule has 0 aromatic heterocycles. The largest absolute Gasteiger partial charge is 0.457 e. The zero-order valence-corrected chi connectivity index (χ0v) is 17.4. The summed E-state index contributed by atoms with van der Waals surface area (Å²) >= 11 is 0. The third kappa shape index (κ3) is 5.67. The Kier molecular flexibility index (Phi) is 7.51. The minimum Gasteiger partial charge on any atom is -0.457 e. The van der Waals surface area contributed by atoms with Gasteiger partial charge in [0.2, 0.25) is 0 Å². The molecule has 0 heterocycles. The maximum Gasteiger partial charge on any atom is 0.254 e. The number of ether oxygens (including phenoxy) is 2. The summed E-state index contributed by atoms with van der Waals surface area (Å²) in [5, 5.41) is 10.0. The first kappa shape index (κ1) is 22.9. The van der Waals surface area contributed by atoms with Crippen molar-refractivity contribution in [3.63, 3.8) is 0 Å². The number of carbonyl (C=O) groups is 1. The van der Waals surface area contributed by atoms with Crippen LogP contribution in [0.15, 0.2) is 66.7 Å². The van der Waals surface area contributed by atoms with E-state index in [1.165, 1.54) is 0 Å². The number of hydrogen-bond donors (Lipinski definition) is 3. The van der Waals surface area contributed by atoms with E-state index in [2.05, 4.69) is 5.32 Å². The van der Waals surface area contributed by atoms with E-state index in [1.807, 2.05) is 0 Å². The van der Waals surface area contributed by atoms with Gasteiger partial charge in [0.15, 0.2) is 6.10 Å². The minimum atomic E-state index is -1.47. The quantitative estimate of drug-likeness (QED) is 0.339. The molecule has 32 heavy (non-hydrogen) atoms. The van der Waals surface area contributed by atoms with Gasteiger partial charge in [-0.2, -0.15) is 0 Å². The number of amides is 1. The van der Waals surface area contributed by atoms with Gasteiger partial charge in [-0.15, -0.1) is 0 Å². The van der Waals surface area contributed by atoms with Gasteiger partial charge in [0.05, 0.1) is 5.56 Å². The highest BCUT2D eigenvalue weighted by Gasteiger charge is 2.28. The van der Waals surface area contributed by atoms with E-state index < -0.39 is 29.2 Å². The van der Waals surface area contributed by atoms with Crippen molar-refractivity contribution in [1.29, 1.82) is 5.41 Å². The van der Waals surface area contributed by atoms with Crippen molar-refractivity contribution in [1.82, 2.24) is 5.32 Å². The van der Waals surface area contributed by atoms with Crippen LogP contribution in [-0.2, 0) is 16.1 Å². The van der Waals surface area contributed by atoms with E-state index in [0.717, 1.165) is 17.7 Å². The van der Waals surface area contributed by atoms with Gasteiger partial charge in [0, 0.05) is 30.8 Å². The van der Waals surface area contributed by atoms with Gasteiger partial charge in [-0.25, -0.2) is 8.78 Å². The molecule has 3 aromatic carbocycles. The molecule has 8 heteroatoms. The fourth-order valence-corrected chi connectivity index (χ4v) is 3.04. The molecule has 0 radical (unpaired) electrons. The van der Waals surface area contributed by atoms with Crippen LogP contribution in [-0.4, -0.2) is 18.3 Å². The van der Waals surface area contributed by atoms with E-state index in [1.54, 1.807) is 61.5 Å². The van der Waals surface area contributed by atoms with E-state index in [9.17, 15) is 13.6 Å². The normalized spacial score (nSPS) is 11.6. The average Bonchev–Trinajstić information content (AvgIpc) is 2.77. The van der Waals surface area contributed by atoms with Crippen LogP contribution in [0.4, 0.5) is 8.78 Å². The molecule has 1 amide bonds. The fourth-order valence-electron chi connectivity index (χ4n) is 3.04. The van der Waals surface area contributed by atoms with Gasteiger partial charge in [-0.1, -0.05) is 42.5 Å². The smallest absolute Gasteiger partial charge is 0.254 e. The molecule has 3 rings (SSSR count). The predicted octanol–water partition coefficient (Wildman–Crippen LogP) is 4.44. The van der Waals surface area contributed by atoms with Crippen LogP contribution in [0, 0.1) is 17.0 Å². The number of benzene rings is 3. The maximum absolute atomic E-state index is 14.8. The van der Waals surface area contributed by atoms with Crippen molar-refractivity contribution in [3.8, 4) is 11.5 Å². The Morgan fingerprint density at radius 2 is 1.66 bits per heavy atom. The molecule has 0 aliphatic rings. The average molecular weight is 439 g/mol. The number of amidine groups is 1. The summed E-state index contributed by atoms with van der Waals surface area (Å²) in [6, 6.07) is 17.3. The van der Waals surface area contributed by atoms with Crippen molar-refractivity contribution in [3.05, 3.63) is 95.1 Å². The summed E-state index contributed by atoms with van der Waals surface area (Å²) in [4.78, 5) is 12.7. The number of halogens is 2. The molecule has 3 aromatic rings. The number of hydrogen-bond acceptors (Lipinski definition) is 4. The molecule has 0 bridgehead atoms. The van der Waals surface area contributed by atoms with E-state index in [-0.39, 0.29) is 24.7 Å². The first-order valence-corrected chi connectivity index (χ1v) is 9.93. The molecule has 0 fully saturated rings. The van der Waals surface area contributed by atoms with Crippen LogP contribution in [0.2, 0.25) is 0 Å². The third-order valence-corrected chi connectivity index (χ3v) is 4.60. The molecule has 0 spiro atoms. The molecule has 166 valence electrons. The molecule has 1 atom stereocenters. The van der Waals surface area contributed by atoms with E-state index >= 15 is 0 Å². The third-order valence-electron chi connectivity index (χ3n) is 4.60. The summed E-state index contributed by atoms with van der Waals surface area (Å²) in [5.74, 6) is -2.25. The highest BCUT2D eigenvalue weighted by molar-refractivity contribution is 5.94. The van der Waals surface area contributed by atoms with E-state index in [0.29, 0.717) is 11.3 Å². The molecule has 0 aliphatic heterocycles. The molecule has 0 aliphatic carbocycles. The van der Waals surface area contributed by atoms with Crippen LogP contribution in [0.3, 0.4) is 0 Å². The Morgan fingerprint density at radius 1 is 1.03 bits per heavy atom. The number of nitrogens with two attached hydrogens (primary N) is 1. The van der Waals surface area contributed by atoms with Crippen LogP contribution in [0.5, 0.6) is 11.5 Å². The SMILES string of the molecule is CCOC(C(=O)NCc1ccc(C(=N)N)cc1)c1c(F)cc(Oc2ccccc2)cc1F. The van der Waals surface area contributed by atoms with Crippen LogP contribution in [0.25, 0.3) is 0 Å². The lowest BCUT2D eigenvalue weighted by molar-refractivity contribution is -0.133. The summed E-state index contributed by atoms with van der Waals surface area (Å²) in [7, 11) is 0. The second kappa shape index (κ2) is 10.5. The topological polar surface area (TPSA) is 97.4 Å². The highest BCUT2D eigenvalue weighted by Crippen LogP contribution is 2.30. The summed E-state index contributed by atoms with van der Waals surface area (Å²) in [6.45, 7) is 1.81. The Morgan fingerprint density at radius 3 is 2.22 bits per heavy atom. The van der Waals surface area contributed by atoms with Crippen molar-refractivity contribution < 1.29 is 23.0 Å². The molecule has 0 saturated carbocycles. The predicted molar refractivity (Wildman–Crippen MR) is 117 cm³/mol. The van der Waals surface area contributed by atoms with Crippen molar-refractivity contribution in [2.24, 2.45) is 5.73 Å². The number of nitrogen functional groups attached to an aromatic ring is 1. The number of rotatable bonds is 9. The van der Waals surface area contributed by atoms with Gasteiger partial charge in [0.1, 0.15) is 29.0 Å².